The maximum absolute atomic E-state index is 5.70. The number of hydrogen-bond acceptors (Lipinski definition) is 12. The summed E-state index contributed by atoms with van der Waals surface area (Å²) in [6, 6.07) is 0.989. The molecule has 12 nitrogen and oxygen atoms in total. The molecule has 12 heteroatoms. The molecule has 36 heavy (non-hydrogen) atoms. The third kappa shape index (κ3) is 21.6. The van der Waals surface area contributed by atoms with Gasteiger partial charge >= 0.3 is 0 Å². The number of amidine groups is 2. The van der Waals surface area contributed by atoms with Gasteiger partial charge in [0.1, 0.15) is 0 Å². The molecule has 1 aliphatic rings. The highest BCUT2D eigenvalue weighted by atomic mass is 16.6. The third-order valence-electron chi connectivity index (χ3n) is 4.21. The molecule has 0 atom stereocenters. The van der Waals surface area contributed by atoms with Gasteiger partial charge in [-0.1, -0.05) is 0 Å². The van der Waals surface area contributed by atoms with Crippen LogP contribution in [-0.2, 0) is 37.9 Å². The smallest absolute Gasteiger partial charge is 0.285 e. The zero-order chi connectivity index (χ0) is 26.1. The van der Waals surface area contributed by atoms with Crippen molar-refractivity contribution in [3.63, 3.8) is 0 Å². The zero-order valence-electron chi connectivity index (χ0n) is 22.6. The fourth-order valence-electron chi connectivity index (χ4n) is 2.68. The Kier molecular flexibility index (Phi) is 21.3. The molecule has 0 bridgehead atoms. The number of nitrogens with zero attached hydrogens (tertiary/aromatic N) is 2. The quantitative estimate of drug-likeness (QED) is 0.542. The van der Waals surface area contributed by atoms with Crippen LogP contribution in [0.1, 0.15) is 27.7 Å². The molecule has 0 spiro atoms. The first kappa shape index (κ1) is 32.3. The lowest BCUT2D eigenvalue weighted by Crippen LogP contribution is -2.32. The third-order valence-corrected chi connectivity index (χ3v) is 4.21. The summed E-state index contributed by atoms with van der Waals surface area (Å²) in [5, 5.41) is 6.32. The number of rotatable bonds is 2. The average molecular weight is 521 g/mol. The van der Waals surface area contributed by atoms with Crippen LogP contribution in [0, 0.1) is 0 Å². The molecule has 0 aromatic carbocycles. The minimum atomic E-state index is 0.0244. The number of ether oxygens (including phenoxy) is 8. The van der Waals surface area contributed by atoms with E-state index in [1.54, 1.807) is 0 Å². The summed E-state index contributed by atoms with van der Waals surface area (Å²) in [5.74, 6) is 0. The molecule has 212 valence electrons. The Hall–Kier alpha value is -1.70. The van der Waals surface area contributed by atoms with Crippen molar-refractivity contribution < 1.29 is 37.9 Å². The van der Waals surface area contributed by atoms with Gasteiger partial charge in [-0.15, -0.1) is 0 Å². The van der Waals surface area contributed by atoms with Gasteiger partial charge in [-0.2, -0.15) is 0 Å². The fourth-order valence-corrected chi connectivity index (χ4v) is 2.68. The molecule has 0 radical (unpaired) electrons. The number of hydrogen-bond donors (Lipinski definition) is 2. The Morgan fingerprint density at radius 1 is 0.500 bits per heavy atom. The van der Waals surface area contributed by atoms with E-state index in [1.807, 2.05) is 27.7 Å². The molecular weight excluding hydrogens is 472 g/mol. The second-order valence-electron chi connectivity index (χ2n) is 8.23. The van der Waals surface area contributed by atoms with Gasteiger partial charge in [0.05, 0.1) is 105 Å². The van der Waals surface area contributed by atoms with Crippen molar-refractivity contribution in [3.8, 4) is 0 Å². The van der Waals surface area contributed by atoms with E-state index in [2.05, 4.69) is 20.6 Å². The van der Waals surface area contributed by atoms with Gasteiger partial charge in [-0.05, 0) is 27.7 Å². The molecule has 1 heterocycles. The topological polar surface area (TPSA) is 123 Å². The lowest BCUT2D eigenvalue weighted by molar-refractivity contribution is 0.0161. The Labute approximate surface area is 216 Å². The van der Waals surface area contributed by atoms with Crippen molar-refractivity contribution in [3.05, 3.63) is 0 Å². The van der Waals surface area contributed by atoms with Crippen molar-refractivity contribution in [2.45, 2.75) is 39.9 Å². The molecular formula is C24H48N4O8. The van der Waals surface area contributed by atoms with E-state index in [0.717, 1.165) is 0 Å². The Bertz CT molecular complexity index is 516. The molecule has 0 unspecified atom stereocenters. The van der Waals surface area contributed by atoms with Gasteiger partial charge in [0.15, 0.2) is 0 Å². The minimum Gasteiger partial charge on any atom is -0.463 e. The molecule has 1 rings (SSSR count). The Balaban J connectivity index is 2.40. The number of aliphatic imine (C=N–C) groups is 2. The van der Waals surface area contributed by atoms with Crippen LogP contribution in [0.2, 0.25) is 0 Å². The summed E-state index contributed by atoms with van der Waals surface area (Å²) in [4.78, 5) is 8.86. The van der Waals surface area contributed by atoms with Gasteiger partial charge in [-0.25, -0.2) is 9.98 Å². The van der Waals surface area contributed by atoms with Crippen LogP contribution in [0.5, 0.6) is 0 Å². The van der Waals surface area contributed by atoms with E-state index < -0.39 is 0 Å². The molecule has 0 aromatic heterocycles. The standard InChI is InChI=1S/C24H48N4O8/c1-21(2)35-23-25-5-9-29-13-17-33-19-15-31-11-7-27-24(36-22(3)4)28-8-12-32-16-20-34-18-14-30-10-6-26-23/h21-22H,5-20H2,1-4H3,(H,25,26)(H,27,28). The van der Waals surface area contributed by atoms with Crippen LogP contribution in [0.25, 0.3) is 0 Å². The summed E-state index contributed by atoms with van der Waals surface area (Å²) < 4.78 is 44.8. The highest BCUT2D eigenvalue weighted by Crippen LogP contribution is 1.92. The van der Waals surface area contributed by atoms with Crippen molar-refractivity contribution in [2.24, 2.45) is 9.98 Å². The van der Waals surface area contributed by atoms with Crippen molar-refractivity contribution in [1.82, 2.24) is 10.6 Å². The second-order valence-corrected chi connectivity index (χ2v) is 8.23. The average Bonchev–Trinajstić information content (AvgIpc) is 2.83. The summed E-state index contributed by atoms with van der Waals surface area (Å²) in [7, 11) is 0. The van der Waals surface area contributed by atoms with Crippen LogP contribution >= 0.6 is 0 Å². The highest BCUT2D eigenvalue weighted by Gasteiger charge is 2.04. The largest absolute Gasteiger partial charge is 0.463 e. The van der Waals surface area contributed by atoms with Crippen molar-refractivity contribution in [2.75, 3.05) is 105 Å². The van der Waals surface area contributed by atoms with Gasteiger partial charge < -0.3 is 48.5 Å². The molecule has 0 saturated heterocycles. The monoisotopic (exact) mass is 520 g/mol. The summed E-state index contributed by atoms with van der Waals surface area (Å²) in [6.45, 7) is 16.0. The Morgan fingerprint density at radius 2 is 0.806 bits per heavy atom. The van der Waals surface area contributed by atoms with Crippen molar-refractivity contribution in [1.29, 1.82) is 0 Å². The normalized spacial score (nSPS) is 20.7. The lowest BCUT2D eigenvalue weighted by atomic mass is 10.5. The van der Waals surface area contributed by atoms with E-state index in [0.29, 0.717) is 118 Å². The van der Waals surface area contributed by atoms with Gasteiger partial charge in [-0.3, -0.25) is 0 Å². The predicted molar refractivity (Wildman–Crippen MR) is 138 cm³/mol. The molecule has 0 saturated carbocycles. The Morgan fingerprint density at radius 3 is 1.14 bits per heavy atom. The fraction of sp³-hybridized carbons (Fsp3) is 0.917. The van der Waals surface area contributed by atoms with E-state index in [1.165, 1.54) is 0 Å². The molecule has 0 aliphatic carbocycles. The lowest BCUT2D eigenvalue weighted by Gasteiger charge is -2.15. The molecule has 1 aliphatic heterocycles. The van der Waals surface area contributed by atoms with Crippen molar-refractivity contribution >= 4 is 12.0 Å². The maximum Gasteiger partial charge on any atom is 0.285 e. The van der Waals surface area contributed by atoms with Gasteiger partial charge in [0, 0.05) is 13.1 Å². The molecule has 2 N–H and O–H groups in total. The molecule has 0 aromatic rings. The van der Waals surface area contributed by atoms with Crippen LogP contribution in [-0.4, -0.2) is 130 Å². The van der Waals surface area contributed by atoms with Crippen LogP contribution in [0.4, 0.5) is 0 Å². The van der Waals surface area contributed by atoms with Gasteiger partial charge in [0.2, 0.25) is 0 Å². The first-order chi connectivity index (χ1) is 17.6. The van der Waals surface area contributed by atoms with E-state index in [9.17, 15) is 0 Å². The van der Waals surface area contributed by atoms with E-state index in [-0.39, 0.29) is 12.2 Å². The maximum atomic E-state index is 5.70. The minimum absolute atomic E-state index is 0.0244. The summed E-state index contributed by atoms with van der Waals surface area (Å²) in [6.07, 6.45) is 0.0488. The van der Waals surface area contributed by atoms with E-state index >= 15 is 0 Å². The van der Waals surface area contributed by atoms with Crippen LogP contribution < -0.4 is 10.6 Å². The SMILES string of the molecule is CC(C)OC1=NCCOCCOCCOCCNC(OC(C)C)=NCCOCCOCCOCCN1. The van der Waals surface area contributed by atoms with Crippen LogP contribution in [0.3, 0.4) is 0 Å². The summed E-state index contributed by atoms with van der Waals surface area (Å²) in [5.41, 5.74) is 0. The summed E-state index contributed by atoms with van der Waals surface area (Å²) >= 11 is 0. The highest BCUT2D eigenvalue weighted by molar-refractivity contribution is 5.74. The predicted octanol–water partition coefficient (Wildman–Crippen LogP) is 0.841. The van der Waals surface area contributed by atoms with E-state index in [4.69, 9.17) is 37.9 Å². The first-order valence-electron chi connectivity index (χ1n) is 12.9. The first-order valence-corrected chi connectivity index (χ1v) is 12.9. The van der Waals surface area contributed by atoms with Crippen LogP contribution in [0.15, 0.2) is 9.98 Å². The molecule has 0 fully saturated rings. The second kappa shape index (κ2) is 23.7. The zero-order valence-corrected chi connectivity index (χ0v) is 22.6. The molecule has 0 amide bonds. The number of nitrogens with one attached hydrogen (secondary N) is 2. The van der Waals surface area contributed by atoms with Gasteiger partial charge in [0.25, 0.3) is 12.0 Å².